The molecular formula is C20H19N5O4S. The highest BCUT2D eigenvalue weighted by molar-refractivity contribution is 8.00. The Labute approximate surface area is 176 Å². The number of hydrazone groups is 1. The molecule has 3 aromatic rings. The SMILES string of the molecule is CC(=NNC(=O)C(C)Sc1nnc(-c2ccncc2)o1)c1ccc2c(c1)OCCO2. The van der Waals surface area contributed by atoms with Crippen LogP contribution in [0.1, 0.15) is 19.4 Å². The van der Waals surface area contributed by atoms with Crippen LogP contribution in [0.25, 0.3) is 11.5 Å². The number of thioether (sulfide) groups is 1. The molecule has 0 aliphatic carbocycles. The van der Waals surface area contributed by atoms with E-state index in [9.17, 15) is 4.79 Å². The van der Waals surface area contributed by atoms with E-state index in [1.807, 2.05) is 25.1 Å². The van der Waals surface area contributed by atoms with Gasteiger partial charge < -0.3 is 13.9 Å². The van der Waals surface area contributed by atoms with Crippen LogP contribution in [-0.4, -0.2) is 45.3 Å². The van der Waals surface area contributed by atoms with Crippen molar-refractivity contribution < 1.29 is 18.7 Å². The molecule has 0 fully saturated rings. The topological polar surface area (TPSA) is 112 Å². The van der Waals surface area contributed by atoms with Gasteiger partial charge in [-0.3, -0.25) is 9.78 Å². The van der Waals surface area contributed by atoms with Gasteiger partial charge in [0.25, 0.3) is 11.1 Å². The molecule has 154 valence electrons. The molecule has 0 bridgehead atoms. The third-order valence-corrected chi connectivity index (χ3v) is 5.21. The summed E-state index contributed by atoms with van der Waals surface area (Å²) in [6.07, 6.45) is 3.29. The van der Waals surface area contributed by atoms with Gasteiger partial charge in [-0.15, -0.1) is 10.2 Å². The predicted octanol–water partition coefficient (Wildman–Crippen LogP) is 2.92. The second kappa shape index (κ2) is 8.95. The Morgan fingerprint density at radius 2 is 1.90 bits per heavy atom. The van der Waals surface area contributed by atoms with Crippen molar-refractivity contribution >= 4 is 23.4 Å². The zero-order chi connectivity index (χ0) is 20.9. The van der Waals surface area contributed by atoms with E-state index in [-0.39, 0.29) is 5.91 Å². The van der Waals surface area contributed by atoms with Crippen molar-refractivity contribution in [3.05, 3.63) is 48.3 Å². The first-order valence-electron chi connectivity index (χ1n) is 9.25. The fourth-order valence-electron chi connectivity index (χ4n) is 2.64. The van der Waals surface area contributed by atoms with Gasteiger partial charge in [-0.2, -0.15) is 5.10 Å². The van der Waals surface area contributed by atoms with Crippen molar-refractivity contribution in [2.75, 3.05) is 13.2 Å². The van der Waals surface area contributed by atoms with E-state index in [1.54, 1.807) is 31.5 Å². The number of fused-ring (bicyclic) bond motifs is 1. The van der Waals surface area contributed by atoms with Crippen LogP contribution in [0.3, 0.4) is 0 Å². The summed E-state index contributed by atoms with van der Waals surface area (Å²) in [4.78, 5) is 16.4. The van der Waals surface area contributed by atoms with Crippen LogP contribution in [0.15, 0.2) is 57.5 Å². The molecule has 0 radical (unpaired) electrons. The minimum Gasteiger partial charge on any atom is -0.486 e. The first kappa shape index (κ1) is 19.9. The van der Waals surface area contributed by atoms with Crippen LogP contribution in [0.5, 0.6) is 11.5 Å². The van der Waals surface area contributed by atoms with Crippen molar-refractivity contribution in [1.82, 2.24) is 20.6 Å². The number of carbonyl (C=O) groups is 1. The van der Waals surface area contributed by atoms with Gasteiger partial charge >= 0.3 is 0 Å². The smallest absolute Gasteiger partial charge is 0.277 e. The molecule has 3 heterocycles. The van der Waals surface area contributed by atoms with Crippen LogP contribution in [0, 0.1) is 0 Å². The minimum absolute atomic E-state index is 0.277. The van der Waals surface area contributed by atoms with Gasteiger partial charge in [-0.25, -0.2) is 5.43 Å². The molecule has 1 N–H and O–H groups in total. The fourth-order valence-corrected chi connectivity index (χ4v) is 3.31. The maximum Gasteiger partial charge on any atom is 0.277 e. The lowest BCUT2D eigenvalue weighted by Gasteiger charge is -2.18. The highest BCUT2D eigenvalue weighted by Gasteiger charge is 2.19. The highest BCUT2D eigenvalue weighted by Crippen LogP contribution is 2.31. The maximum atomic E-state index is 12.4. The number of ether oxygens (including phenoxy) is 2. The standard InChI is InChI=1S/C20H19N5O4S/c1-12(15-3-4-16-17(11-15)28-10-9-27-16)22-23-18(26)13(2)30-20-25-24-19(29-20)14-5-7-21-8-6-14/h3-8,11,13H,9-10H2,1-2H3,(H,23,26). The van der Waals surface area contributed by atoms with Crippen molar-refractivity contribution in [1.29, 1.82) is 0 Å². The lowest BCUT2D eigenvalue weighted by molar-refractivity contribution is -0.120. The molecule has 1 aromatic carbocycles. The van der Waals surface area contributed by atoms with Crippen molar-refractivity contribution in [2.24, 2.45) is 5.10 Å². The van der Waals surface area contributed by atoms with Gasteiger partial charge in [0.15, 0.2) is 11.5 Å². The van der Waals surface area contributed by atoms with Gasteiger partial charge in [0.1, 0.15) is 13.2 Å². The molecule has 0 saturated heterocycles. The lowest BCUT2D eigenvalue weighted by atomic mass is 10.1. The number of hydrogen-bond donors (Lipinski definition) is 1. The summed E-state index contributed by atoms with van der Waals surface area (Å²) >= 11 is 1.16. The molecule has 1 atom stereocenters. The first-order valence-corrected chi connectivity index (χ1v) is 10.1. The number of nitrogens with zero attached hydrogens (tertiary/aromatic N) is 4. The van der Waals surface area contributed by atoms with Crippen LogP contribution < -0.4 is 14.9 Å². The Morgan fingerprint density at radius 3 is 2.70 bits per heavy atom. The zero-order valence-corrected chi connectivity index (χ0v) is 17.2. The van der Waals surface area contributed by atoms with E-state index in [2.05, 4.69) is 25.7 Å². The summed E-state index contributed by atoms with van der Waals surface area (Å²) in [6.45, 7) is 4.60. The molecule has 1 amide bonds. The van der Waals surface area contributed by atoms with Gasteiger partial charge in [-0.05, 0) is 44.2 Å². The molecule has 1 unspecified atom stereocenters. The third kappa shape index (κ3) is 4.60. The second-order valence-corrected chi connectivity index (χ2v) is 7.69. The predicted molar refractivity (Wildman–Crippen MR) is 111 cm³/mol. The van der Waals surface area contributed by atoms with Gasteiger partial charge in [0.05, 0.1) is 11.0 Å². The van der Waals surface area contributed by atoms with Crippen LogP contribution in [-0.2, 0) is 4.79 Å². The van der Waals surface area contributed by atoms with E-state index in [0.29, 0.717) is 41.5 Å². The number of rotatable bonds is 6. The number of amides is 1. The number of nitrogens with one attached hydrogen (secondary N) is 1. The summed E-state index contributed by atoms with van der Waals surface area (Å²) in [6, 6.07) is 9.09. The molecular weight excluding hydrogens is 406 g/mol. The third-order valence-electron chi connectivity index (χ3n) is 4.27. The molecule has 0 saturated carbocycles. The monoisotopic (exact) mass is 425 g/mol. The van der Waals surface area contributed by atoms with Crippen LogP contribution >= 0.6 is 11.8 Å². The van der Waals surface area contributed by atoms with E-state index in [4.69, 9.17) is 13.9 Å². The quantitative estimate of drug-likeness (QED) is 0.364. The summed E-state index contributed by atoms with van der Waals surface area (Å²) in [5.41, 5.74) is 4.82. The average molecular weight is 425 g/mol. The number of hydrogen-bond acceptors (Lipinski definition) is 9. The highest BCUT2D eigenvalue weighted by atomic mass is 32.2. The van der Waals surface area contributed by atoms with Gasteiger partial charge in [0.2, 0.25) is 5.89 Å². The number of benzene rings is 1. The Bertz CT molecular complexity index is 1070. The van der Waals surface area contributed by atoms with E-state index in [0.717, 1.165) is 22.9 Å². The number of pyridine rings is 1. The number of carbonyl (C=O) groups excluding carboxylic acids is 1. The minimum atomic E-state index is -0.479. The van der Waals surface area contributed by atoms with Gasteiger partial charge in [0, 0.05) is 23.5 Å². The Hall–Kier alpha value is -3.40. The fraction of sp³-hybridized carbons (Fsp3) is 0.250. The first-order chi connectivity index (χ1) is 14.6. The summed E-state index contributed by atoms with van der Waals surface area (Å²) in [7, 11) is 0. The van der Waals surface area contributed by atoms with Crippen molar-refractivity contribution in [2.45, 2.75) is 24.3 Å². The lowest BCUT2D eigenvalue weighted by Crippen LogP contribution is -2.27. The molecule has 0 spiro atoms. The van der Waals surface area contributed by atoms with Crippen LogP contribution in [0.2, 0.25) is 0 Å². The summed E-state index contributed by atoms with van der Waals surface area (Å²) < 4.78 is 16.7. The Kier molecular flexibility index (Phi) is 5.94. The molecule has 1 aliphatic heterocycles. The maximum absolute atomic E-state index is 12.4. The van der Waals surface area contributed by atoms with Crippen LogP contribution in [0.4, 0.5) is 0 Å². The molecule has 1 aliphatic rings. The molecule has 10 heteroatoms. The van der Waals surface area contributed by atoms with E-state index < -0.39 is 5.25 Å². The summed E-state index contributed by atoms with van der Waals surface area (Å²) in [5.74, 6) is 1.48. The normalized spacial score (nSPS) is 14.3. The van der Waals surface area contributed by atoms with Gasteiger partial charge in [-0.1, -0.05) is 11.8 Å². The molecule has 4 rings (SSSR count). The molecule has 9 nitrogen and oxygen atoms in total. The Balaban J connectivity index is 1.36. The van der Waals surface area contributed by atoms with Crippen molar-refractivity contribution in [3.63, 3.8) is 0 Å². The summed E-state index contributed by atoms with van der Waals surface area (Å²) in [5, 5.41) is 12.0. The van der Waals surface area contributed by atoms with Crippen molar-refractivity contribution in [3.8, 4) is 23.0 Å². The zero-order valence-electron chi connectivity index (χ0n) is 16.4. The van der Waals surface area contributed by atoms with E-state index in [1.165, 1.54) is 0 Å². The van der Waals surface area contributed by atoms with E-state index >= 15 is 0 Å². The molecule has 30 heavy (non-hydrogen) atoms. The Morgan fingerprint density at radius 1 is 1.13 bits per heavy atom. The second-order valence-electron chi connectivity index (χ2n) is 6.40. The largest absolute Gasteiger partial charge is 0.486 e. The molecule has 2 aromatic heterocycles. The number of aromatic nitrogens is 3. The average Bonchev–Trinajstić information content (AvgIpc) is 3.26.